The van der Waals surface area contributed by atoms with E-state index in [9.17, 15) is 14.4 Å². The van der Waals surface area contributed by atoms with Crippen molar-refractivity contribution in [1.29, 1.82) is 0 Å². The van der Waals surface area contributed by atoms with Gasteiger partial charge in [0.1, 0.15) is 12.1 Å². The zero-order valence-electron chi connectivity index (χ0n) is 10.6. The molecule has 0 fully saturated rings. The van der Waals surface area contributed by atoms with Crippen LogP contribution in [0, 0.1) is 0 Å². The van der Waals surface area contributed by atoms with E-state index in [2.05, 4.69) is 4.74 Å². The number of hydrogen-bond donors (Lipinski definition) is 0. The molecule has 0 atom stereocenters. The van der Waals surface area contributed by atoms with Gasteiger partial charge in [0, 0.05) is 25.7 Å². The average Bonchev–Trinajstić information content (AvgIpc) is 2.34. The van der Waals surface area contributed by atoms with E-state index in [1.807, 2.05) is 0 Å². The lowest BCUT2D eigenvalue weighted by Crippen LogP contribution is -1.99. The van der Waals surface area contributed by atoms with Crippen molar-refractivity contribution in [2.75, 3.05) is 7.11 Å². The van der Waals surface area contributed by atoms with Gasteiger partial charge in [-0.15, -0.1) is 0 Å². The summed E-state index contributed by atoms with van der Waals surface area (Å²) in [6.45, 7) is 0. The van der Waals surface area contributed by atoms with Crippen molar-refractivity contribution in [3.05, 3.63) is 0 Å². The van der Waals surface area contributed by atoms with Gasteiger partial charge in [-0.1, -0.05) is 19.3 Å². The molecule has 17 heavy (non-hydrogen) atoms. The molecule has 0 aliphatic rings. The lowest BCUT2D eigenvalue weighted by molar-refractivity contribution is -0.140. The third kappa shape index (κ3) is 11.1. The van der Waals surface area contributed by atoms with Crippen molar-refractivity contribution < 1.29 is 19.1 Å². The van der Waals surface area contributed by atoms with Gasteiger partial charge in [0.25, 0.3) is 0 Å². The predicted molar refractivity (Wildman–Crippen MR) is 64.6 cm³/mol. The Bertz CT molecular complexity index is 236. The number of esters is 1. The standard InChI is InChI=1S/C13H22O4/c1-17-13(16)10-6-4-2-3-5-8-12(15)9-7-11-14/h11H,2-10H2,1H3. The Morgan fingerprint density at radius 2 is 1.53 bits per heavy atom. The van der Waals surface area contributed by atoms with Crippen LogP contribution in [0.5, 0.6) is 0 Å². The lowest BCUT2D eigenvalue weighted by Gasteiger charge is -2.01. The molecule has 0 bridgehead atoms. The third-order valence-corrected chi connectivity index (χ3v) is 2.61. The lowest BCUT2D eigenvalue weighted by atomic mass is 10.1. The van der Waals surface area contributed by atoms with Gasteiger partial charge in [-0.2, -0.15) is 0 Å². The molecule has 98 valence electrons. The number of rotatable bonds is 11. The number of carbonyl (C=O) groups is 3. The van der Waals surface area contributed by atoms with Crippen LogP contribution in [0.1, 0.15) is 57.8 Å². The summed E-state index contributed by atoms with van der Waals surface area (Å²) >= 11 is 0. The van der Waals surface area contributed by atoms with Crippen molar-refractivity contribution >= 4 is 18.0 Å². The van der Waals surface area contributed by atoms with E-state index in [-0.39, 0.29) is 11.8 Å². The van der Waals surface area contributed by atoms with Crippen LogP contribution < -0.4 is 0 Å². The second kappa shape index (κ2) is 11.3. The van der Waals surface area contributed by atoms with Crippen molar-refractivity contribution in [2.45, 2.75) is 57.8 Å². The Kier molecular flexibility index (Phi) is 10.5. The van der Waals surface area contributed by atoms with Crippen LogP contribution in [0.2, 0.25) is 0 Å². The summed E-state index contributed by atoms with van der Waals surface area (Å²) in [6.07, 6.45) is 7.35. The monoisotopic (exact) mass is 242 g/mol. The second-order valence-electron chi connectivity index (χ2n) is 4.09. The van der Waals surface area contributed by atoms with E-state index < -0.39 is 0 Å². The first-order valence-corrected chi connectivity index (χ1v) is 6.23. The number of methoxy groups -OCH3 is 1. The maximum atomic E-state index is 11.2. The second-order valence-corrected chi connectivity index (χ2v) is 4.09. The first kappa shape index (κ1) is 15.8. The molecule has 0 saturated carbocycles. The largest absolute Gasteiger partial charge is 0.469 e. The minimum atomic E-state index is -0.158. The first-order valence-electron chi connectivity index (χ1n) is 6.23. The van der Waals surface area contributed by atoms with Crippen molar-refractivity contribution in [3.8, 4) is 0 Å². The Labute approximate surface area is 103 Å². The smallest absolute Gasteiger partial charge is 0.305 e. The third-order valence-electron chi connectivity index (χ3n) is 2.61. The van der Waals surface area contributed by atoms with E-state index >= 15 is 0 Å². The van der Waals surface area contributed by atoms with Crippen LogP contribution in [0.4, 0.5) is 0 Å². The molecule has 0 heterocycles. The molecule has 0 aromatic carbocycles. The Hall–Kier alpha value is -1.19. The summed E-state index contributed by atoms with van der Waals surface area (Å²) in [4.78, 5) is 32.0. The van der Waals surface area contributed by atoms with E-state index in [0.717, 1.165) is 38.4 Å². The zero-order chi connectivity index (χ0) is 12.9. The van der Waals surface area contributed by atoms with Gasteiger partial charge < -0.3 is 9.53 Å². The number of hydrogen-bond acceptors (Lipinski definition) is 4. The minimum Gasteiger partial charge on any atom is -0.469 e. The Balaban J connectivity index is 3.20. The summed E-state index contributed by atoms with van der Waals surface area (Å²) < 4.78 is 4.53. The van der Waals surface area contributed by atoms with E-state index in [0.29, 0.717) is 25.7 Å². The predicted octanol–water partition coefficient (Wildman–Crippen LogP) is 2.44. The van der Waals surface area contributed by atoms with Crippen molar-refractivity contribution in [2.24, 2.45) is 0 Å². The highest BCUT2D eigenvalue weighted by Gasteiger charge is 2.02. The number of ether oxygens (including phenoxy) is 1. The molecule has 0 aromatic heterocycles. The molecule has 0 aliphatic heterocycles. The number of carbonyl (C=O) groups excluding carboxylic acids is 3. The van der Waals surface area contributed by atoms with Crippen LogP contribution >= 0.6 is 0 Å². The highest BCUT2D eigenvalue weighted by molar-refractivity contribution is 5.80. The molecule has 0 rings (SSSR count). The van der Waals surface area contributed by atoms with Gasteiger partial charge >= 0.3 is 5.97 Å². The van der Waals surface area contributed by atoms with Crippen LogP contribution in [-0.4, -0.2) is 25.1 Å². The van der Waals surface area contributed by atoms with E-state index in [1.165, 1.54) is 7.11 Å². The number of Topliss-reactive ketones (excluding diaryl/α,β-unsaturated/α-hetero) is 1. The summed E-state index contributed by atoms with van der Waals surface area (Å²) in [5.74, 6) is 0.0145. The summed E-state index contributed by atoms with van der Waals surface area (Å²) in [5.41, 5.74) is 0. The number of aldehydes is 1. The van der Waals surface area contributed by atoms with Gasteiger partial charge in [-0.05, 0) is 12.8 Å². The Morgan fingerprint density at radius 3 is 2.12 bits per heavy atom. The molecule has 0 saturated heterocycles. The fraction of sp³-hybridized carbons (Fsp3) is 0.769. The van der Waals surface area contributed by atoms with E-state index in [4.69, 9.17) is 0 Å². The van der Waals surface area contributed by atoms with Crippen LogP contribution in [0.15, 0.2) is 0 Å². The molecule has 4 nitrogen and oxygen atoms in total. The summed E-state index contributed by atoms with van der Waals surface area (Å²) in [7, 11) is 1.40. The van der Waals surface area contributed by atoms with Crippen LogP contribution in [0.3, 0.4) is 0 Å². The Morgan fingerprint density at radius 1 is 0.941 bits per heavy atom. The van der Waals surface area contributed by atoms with Gasteiger partial charge in [-0.25, -0.2) is 0 Å². The molecule has 4 heteroatoms. The van der Waals surface area contributed by atoms with Gasteiger partial charge in [-0.3, -0.25) is 9.59 Å². The normalized spacial score (nSPS) is 9.94. The zero-order valence-corrected chi connectivity index (χ0v) is 10.6. The highest BCUT2D eigenvalue weighted by atomic mass is 16.5. The van der Waals surface area contributed by atoms with Gasteiger partial charge in [0.05, 0.1) is 7.11 Å². The van der Waals surface area contributed by atoms with Gasteiger partial charge in [0.15, 0.2) is 0 Å². The highest BCUT2D eigenvalue weighted by Crippen LogP contribution is 2.08. The molecule has 0 radical (unpaired) electrons. The molecular weight excluding hydrogens is 220 g/mol. The van der Waals surface area contributed by atoms with Crippen molar-refractivity contribution in [1.82, 2.24) is 0 Å². The maximum absolute atomic E-state index is 11.2. The molecular formula is C13H22O4. The van der Waals surface area contributed by atoms with E-state index in [1.54, 1.807) is 0 Å². The molecule has 0 unspecified atom stereocenters. The van der Waals surface area contributed by atoms with Crippen molar-refractivity contribution in [3.63, 3.8) is 0 Å². The quantitative estimate of drug-likeness (QED) is 0.317. The van der Waals surface area contributed by atoms with Crippen LogP contribution in [-0.2, 0) is 19.1 Å². The van der Waals surface area contributed by atoms with Crippen LogP contribution in [0.25, 0.3) is 0 Å². The molecule has 0 aromatic rings. The topological polar surface area (TPSA) is 60.4 Å². The first-order chi connectivity index (χ1) is 8.20. The minimum absolute atomic E-state index is 0.158. The van der Waals surface area contributed by atoms with Gasteiger partial charge in [0.2, 0.25) is 0 Å². The number of unbranched alkanes of at least 4 members (excludes halogenated alkanes) is 4. The average molecular weight is 242 g/mol. The SMILES string of the molecule is COC(=O)CCCCCCCC(=O)CCC=O. The maximum Gasteiger partial charge on any atom is 0.305 e. The molecule has 0 N–H and O–H groups in total. The molecule has 0 spiro atoms. The fourth-order valence-electron chi connectivity index (χ4n) is 1.57. The molecule has 0 aliphatic carbocycles. The fourth-order valence-corrected chi connectivity index (χ4v) is 1.57. The molecule has 0 amide bonds. The summed E-state index contributed by atoms with van der Waals surface area (Å²) in [6, 6.07) is 0. The number of ketones is 1. The summed E-state index contributed by atoms with van der Waals surface area (Å²) in [5, 5.41) is 0.